The van der Waals surface area contributed by atoms with Gasteiger partial charge in [0.25, 0.3) is 0 Å². The number of methoxy groups -OCH3 is 1. The minimum atomic E-state index is 0.272. The van der Waals surface area contributed by atoms with Gasteiger partial charge in [-0.2, -0.15) is 0 Å². The summed E-state index contributed by atoms with van der Waals surface area (Å²) in [4.78, 5) is 2.37. The fourth-order valence-electron chi connectivity index (χ4n) is 4.68. The van der Waals surface area contributed by atoms with E-state index in [1.54, 1.807) is 12.6 Å². The Kier molecular flexibility index (Phi) is 9.12. The van der Waals surface area contributed by atoms with Gasteiger partial charge in [0.15, 0.2) is 0 Å². The Bertz CT molecular complexity index is 896. The van der Waals surface area contributed by atoms with E-state index in [1.807, 2.05) is 30.3 Å². The van der Waals surface area contributed by atoms with E-state index in [4.69, 9.17) is 22.7 Å². The van der Waals surface area contributed by atoms with Gasteiger partial charge in [-0.15, -0.1) is 0 Å². The molecule has 4 rings (SSSR count). The molecule has 3 N–H and O–H groups in total. The van der Waals surface area contributed by atoms with Gasteiger partial charge in [-0.05, 0) is 61.6 Å². The molecule has 32 heavy (non-hydrogen) atoms. The van der Waals surface area contributed by atoms with Crippen molar-refractivity contribution in [3.05, 3.63) is 65.7 Å². The zero-order chi connectivity index (χ0) is 22.9. The molecule has 3 unspecified atom stereocenters. The van der Waals surface area contributed by atoms with Crippen molar-refractivity contribution in [3.63, 3.8) is 0 Å². The highest BCUT2D eigenvalue weighted by atomic mass is 32.1. The summed E-state index contributed by atoms with van der Waals surface area (Å²) in [6.07, 6.45) is 8.72. The average molecular weight is 452 g/mol. The quantitative estimate of drug-likeness (QED) is 0.441. The fourth-order valence-corrected chi connectivity index (χ4v) is 4.88. The number of nitrogen functional groups attached to an aromatic ring is 1. The third kappa shape index (κ3) is 6.57. The predicted molar refractivity (Wildman–Crippen MR) is 140 cm³/mol. The minimum absolute atomic E-state index is 0.272. The zero-order valence-corrected chi connectivity index (χ0v) is 20.4. The van der Waals surface area contributed by atoms with Crippen molar-refractivity contribution in [1.82, 2.24) is 10.2 Å². The Morgan fingerprint density at radius 1 is 1.12 bits per heavy atom. The first-order valence-corrected chi connectivity index (χ1v) is 12.1. The number of para-hydroxylation sites is 1. The molecule has 0 radical (unpaired) electrons. The van der Waals surface area contributed by atoms with Crippen LogP contribution in [0.2, 0.25) is 0 Å². The average Bonchev–Trinajstić information content (AvgIpc) is 2.81. The number of thiocarbonyl (C=S) groups is 1. The first-order valence-electron chi connectivity index (χ1n) is 11.6. The molecule has 4 nitrogen and oxygen atoms in total. The van der Waals surface area contributed by atoms with E-state index in [9.17, 15) is 0 Å². The van der Waals surface area contributed by atoms with Crippen molar-refractivity contribution in [1.29, 1.82) is 0 Å². The van der Waals surface area contributed by atoms with Gasteiger partial charge < -0.3 is 15.8 Å². The largest absolute Gasteiger partial charge is 0.497 e. The van der Waals surface area contributed by atoms with Gasteiger partial charge >= 0.3 is 0 Å². The lowest BCUT2D eigenvalue weighted by molar-refractivity contribution is 0.283. The third-order valence-electron chi connectivity index (χ3n) is 6.57. The lowest BCUT2D eigenvalue weighted by atomic mass is 9.87. The zero-order valence-electron chi connectivity index (χ0n) is 19.6. The first-order chi connectivity index (χ1) is 15.5. The summed E-state index contributed by atoms with van der Waals surface area (Å²) in [6, 6.07) is 17.3. The summed E-state index contributed by atoms with van der Waals surface area (Å²) >= 11 is 4.74. The number of hydrogen-bond donors (Lipinski definition) is 2. The molecule has 2 aromatic rings. The Morgan fingerprint density at radius 2 is 1.88 bits per heavy atom. The van der Waals surface area contributed by atoms with Gasteiger partial charge in [0.1, 0.15) is 5.75 Å². The van der Waals surface area contributed by atoms with Gasteiger partial charge in [0.05, 0.1) is 18.6 Å². The molecule has 0 aromatic heterocycles. The maximum Gasteiger partial charge on any atom is 0.118 e. The molecule has 0 bridgehead atoms. The first kappa shape index (κ1) is 24.3. The number of ether oxygens (including phenoxy) is 1. The summed E-state index contributed by atoms with van der Waals surface area (Å²) < 4.78 is 5.24. The molecule has 1 aliphatic carbocycles. The van der Waals surface area contributed by atoms with Crippen LogP contribution in [0.1, 0.15) is 56.2 Å². The maximum absolute atomic E-state index is 6.14. The molecule has 5 heteroatoms. The summed E-state index contributed by atoms with van der Waals surface area (Å²) in [6.45, 7) is 3.34. The predicted octanol–water partition coefficient (Wildman–Crippen LogP) is 5.85. The normalized spacial score (nSPS) is 23.3. The van der Waals surface area contributed by atoms with Crippen LogP contribution in [-0.4, -0.2) is 37.1 Å². The highest BCUT2D eigenvalue weighted by molar-refractivity contribution is 7.78. The number of hydrogen-bond acceptors (Lipinski definition) is 4. The topological polar surface area (TPSA) is 50.5 Å². The van der Waals surface area contributed by atoms with Crippen molar-refractivity contribution in [2.75, 3.05) is 26.4 Å². The lowest BCUT2D eigenvalue weighted by Crippen LogP contribution is -2.31. The number of nitrogens with two attached hydrogens (primary N) is 1. The van der Waals surface area contributed by atoms with Gasteiger partial charge in [-0.1, -0.05) is 68.4 Å². The molecule has 1 saturated carbocycles. The smallest absolute Gasteiger partial charge is 0.118 e. The molecule has 0 saturated heterocycles. The molecule has 1 aliphatic heterocycles. The standard InChI is InChI=1S/C19H22N2O.C8H15NS/c1-21-12-11-15(17-5-3-4-6-18(17)20)13-19(21)14-7-9-16(22-2)10-8-14;1-7-3-2-4-8(5-7)9-6-10/h3-10,13,19H,11-12,20H2,1-2H3;6-8H,2-5H2,1H3,(H,9,10). The van der Waals surface area contributed by atoms with E-state index in [1.165, 1.54) is 36.8 Å². The molecule has 0 spiro atoms. The Morgan fingerprint density at radius 3 is 2.53 bits per heavy atom. The lowest BCUT2D eigenvalue weighted by Gasteiger charge is -2.32. The van der Waals surface area contributed by atoms with E-state index >= 15 is 0 Å². The van der Waals surface area contributed by atoms with Crippen LogP contribution in [0, 0.1) is 5.92 Å². The van der Waals surface area contributed by atoms with Crippen molar-refractivity contribution in [2.24, 2.45) is 5.92 Å². The second kappa shape index (κ2) is 12.0. The number of likely N-dealkylation sites (N-methyl/N-ethyl adjacent to an activating group) is 1. The molecule has 3 atom stereocenters. The van der Waals surface area contributed by atoms with Crippen LogP contribution in [0.4, 0.5) is 5.69 Å². The number of rotatable bonds is 5. The maximum atomic E-state index is 6.14. The highest BCUT2D eigenvalue weighted by Crippen LogP contribution is 2.34. The monoisotopic (exact) mass is 451 g/mol. The van der Waals surface area contributed by atoms with E-state index in [0.29, 0.717) is 6.04 Å². The Hall–Kier alpha value is -2.37. The molecule has 1 fully saturated rings. The van der Waals surface area contributed by atoms with E-state index in [2.05, 4.69) is 48.5 Å². The molecule has 0 amide bonds. The van der Waals surface area contributed by atoms with Crippen LogP contribution >= 0.6 is 12.2 Å². The molecule has 1 heterocycles. The number of anilines is 1. The summed E-state index contributed by atoms with van der Waals surface area (Å²) in [5.74, 6) is 1.78. The minimum Gasteiger partial charge on any atom is -0.497 e. The Balaban J connectivity index is 0.000000243. The van der Waals surface area contributed by atoms with Crippen LogP contribution in [0.3, 0.4) is 0 Å². The van der Waals surface area contributed by atoms with Gasteiger partial charge in [0.2, 0.25) is 0 Å². The second-order valence-electron chi connectivity index (χ2n) is 8.98. The molecule has 172 valence electrons. The summed E-state index contributed by atoms with van der Waals surface area (Å²) in [5.41, 5.74) is 12.4. The van der Waals surface area contributed by atoms with Crippen LogP contribution in [0.15, 0.2) is 54.6 Å². The molecule has 2 aromatic carbocycles. The van der Waals surface area contributed by atoms with Gasteiger partial charge in [-0.25, -0.2) is 0 Å². The SMILES string of the molecule is CC1CCCC(NC=S)C1.COc1ccc(C2C=C(c3ccccc3N)CCN2C)cc1. The van der Waals surface area contributed by atoms with E-state index in [-0.39, 0.29) is 6.04 Å². The van der Waals surface area contributed by atoms with Crippen molar-refractivity contribution in [2.45, 2.75) is 51.1 Å². The van der Waals surface area contributed by atoms with Crippen molar-refractivity contribution >= 4 is 29.0 Å². The summed E-state index contributed by atoms with van der Waals surface area (Å²) in [5, 5.41) is 3.20. The van der Waals surface area contributed by atoms with Gasteiger partial charge in [0, 0.05) is 23.8 Å². The van der Waals surface area contributed by atoms with E-state index < -0.39 is 0 Å². The number of benzene rings is 2. The number of nitrogens with zero attached hydrogens (tertiary/aromatic N) is 1. The highest BCUT2D eigenvalue weighted by Gasteiger charge is 2.22. The molecular formula is C27H37N3OS. The Labute approximate surface area is 198 Å². The molecular weight excluding hydrogens is 414 g/mol. The second-order valence-corrected chi connectivity index (χ2v) is 9.22. The third-order valence-corrected chi connectivity index (χ3v) is 6.71. The van der Waals surface area contributed by atoms with Crippen molar-refractivity contribution < 1.29 is 4.74 Å². The van der Waals surface area contributed by atoms with Crippen molar-refractivity contribution in [3.8, 4) is 5.75 Å². The number of nitrogens with one attached hydrogen (secondary N) is 1. The van der Waals surface area contributed by atoms with Crippen LogP contribution in [0.25, 0.3) is 5.57 Å². The molecule has 2 aliphatic rings. The van der Waals surface area contributed by atoms with E-state index in [0.717, 1.165) is 35.9 Å². The summed E-state index contributed by atoms with van der Waals surface area (Å²) in [7, 11) is 3.86. The van der Waals surface area contributed by atoms with Gasteiger partial charge in [-0.3, -0.25) is 4.90 Å². The fraction of sp³-hybridized carbons (Fsp3) is 0.444. The van der Waals surface area contributed by atoms with Crippen LogP contribution < -0.4 is 15.8 Å². The van der Waals surface area contributed by atoms with Crippen LogP contribution in [-0.2, 0) is 0 Å². The van der Waals surface area contributed by atoms with Crippen LogP contribution in [0.5, 0.6) is 5.75 Å².